The van der Waals surface area contributed by atoms with Crippen molar-refractivity contribution in [2.24, 2.45) is 0 Å². The second kappa shape index (κ2) is 10.5. The molecule has 0 radical (unpaired) electrons. The topological polar surface area (TPSA) is 70.7 Å². The van der Waals surface area contributed by atoms with Crippen LogP contribution < -0.4 is 20.3 Å². The lowest BCUT2D eigenvalue weighted by Gasteiger charge is -2.13. The summed E-state index contributed by atoms with van der Waals surface area (Å²) >= 11 is 1.26. The Morgan fingerprint density at radius 1 is 0.963 bits per heavy atom. The summed E-state index contributed by atoms with van der Waals surface area (Å²) in [5, 5.41) is 5.64. The molecule has 0 spiro atoms. The first-order valence-corrected chi connectivity index (χ1v) is 9.81. The van der Waals surface area contributed by atoms with E-state index in [4.69, 9.17) is 4.74 Å². The average molecular weight is 388 g/mol. The Balaban J connectivity index is 1.75. The maximum Gasteiger partial charge on any atom is 0.234 e. The van der Waals surface area contributed by atoms with Crippen LogP contribution in [0.15, 0.2) is 48.5 Å². The van der Waals surface area contributed by atoms with Crippen molar-refractivity contribution >= 4 is 40.6 Å². The van der Waals surface area contributed by atoms with Gasteiger partial charge in [0.1, 0.15) is 5.75 Å². The molecule has 2 aromatic rings. The molecule has 0 bridgehead atoms. The van der Waals surface area contributed by atoms with Crippen LogP contribution in [0.4, 0.5) is 17.1 Å². The van der Waals surface area contributed by atoms with Crippen LogP contribution in [0, 0.1) is 0 Å². The molecule has 27 heavy (non-hydrogen) atoms. The molecular weight excluding hydrogens is 362 g/mol. The molecule has 2 amide bonds. The summed E-state index contributed by atoms with van der Waals surface area (Å²) in [5.41, 5.74) is 2.43. The summed E-state index contributed by atoms with van der Waals surface area (Å²) in [6, 6.07) is 14.9. The number of carbonyl (C=O) groups excluding carboxylic acids is 2. The fraction of sp³-hybridized carbons (Fsp3) is 0.300. The van der Waals surface area contributed by atoms with E-state index in [1.807, 2.05) is 62.3 Å². The third kappa shape index (κ3) is 6.86. The molecule has 0 saturated heterocycles. The van der Waals surface area contributed by atoms with E-state index in [0.717, 1.165) is 11.4 Å². The van der Waals surface area contributed by atoms with Crippen molar-refractivity contribution in [2.75, 3.05) is 47.7 Å². The van der Waals surface area contributed by atoms with E-state index in [1.165, 1.54) is 11.8 Å². The number of amides is 2. The zero-order valence-corrected chi connectivity index (χ0v) is 16.6. The van der Waals surface area contributed by atoms with Gasteiger partial charge in [-0.05, 0) is 43.3 Å². The van der Waals surface area contributed by atoms with Crippen molar-refractivity contribution in [3.8, 4) is 5.75 Å². The number of anilines is 3. The average Bonchev–Trinajstić information content (AvgIpc) is 2.64. The molecule has 2 N–H and O–H groups in total. The molecule has 2 aromatic carbocycles. The van der Waals surface area contributed by atoms with Gasteiger partial charge in [-0.3, -0.25) is 9.59 Å². The van der Waals surface area contributed by atoms with E-state index >= 15 is 0 Å². The molecule has 0 fully saturated rings. The van der Waals surface area contributed by atoms with Crippen LogP contribution in [0.2, 0.25) is 0 Å². The number of benzene rings is 2. The monoisotopic (exact) mass is 387 g/mol. The number of thioether (sulfide) groups is 1. The molecular formula is C20H25N3O3S. The molecule has 0 aliphatic carbocycles. The Hall–Kier alpha value is -2.67. The first-order valence-electron chi connectivity index (χ1n) is 8.66. The number of rotatable bonds is 9. The SMILES string of the molecule is CCOc1ccccc1NC(=O)CSCC(=O)Nc1ccc(N(C)C)cc1. The molecule has 0 atom stereocenters. The van der Waals surface area contributed by atoms with Crippen molar-refractivity contribution in [3.63, 3.8) is 0 Å². The molecule has 0 aliphatic heterocycles. The van der Waals surface area contributed by atoms with Crippen molar-refractivity contribution in [1.29, 1.82) is 0 Å². The molecule has 0 aromatic heterocycles. The molecule has 0 heterocycles. The molecule has 0 aliphatic rings. The highest BCUT2D eigenvalue weighted by Gasteiger charge is 2.09. The van der Waals surface area contributed by atoms with E-state index in [0.29, 0.717) is 18.0 Å². The van der Waals surface area contributed by atoms with E-state index in [1.54, 1.807) is 12.1 Å². The number of ether oxygens (including phenoxy) is 1. The number of carbonyl (C=O) groups is 2. The predicted molar refractivity (Wildman–Crippen MR) is 113 cm³/mol. The van der Waals surface area contributed by atoms with Gasteiger partial charge in [-0.15, -0.1) is 11.8 Å². The maximum atomic E-state index is 12.1. The van der Waals surface area contributed by atoms with Crippen LogP contribution in [0.25, 0.3) is 0 Å². The Morgan fingerprint density at radius 3 is 2.22 bits per heavy atom. The minimum atomic E-state index is -0.171. The molecule has 144 valence electrons. The van der Waals surface area contributed by atoms with Gasteiger partial charge in [0.15, 0.2) is 0 Å². The standard InChI is InChI=1S/C20H25N3O3S/c1-4-26-18-8-6-5-7-17(18)22-20(25)14-27-13-19(24)21-15-9-11-16(12-10-15)23(2)3/h5-12H,4,13-14H2,1-3H3,(H,21,24)(H,22,25). The highest BCUT2D eigenvalue weighted by Crippen LogP contribution is 2.23. The van der Waals surface area contributed by atoms with Crippen LogP contribution >= 0.6 is 11.8 Å². The Bertz CT molecular complexity index is 763. The van der Waals surface area contributed by atoms with Crippen molar-refractivity contribution < 1.29 is 14.3 Å². The molecule has 0 saturated carbocycles. The zero-order chi connectivity index (χ0) is 19.6. The van der Waals surface area contributed by atoms with Crippen LogP contribution in [0.1, 0.15) is 6.92 Å². The third-order valence-corrected chi connectivity index (χ3v) is 4.53. The van der Waals surface area contributed by atoms with Crippen molar-refractivity contribution in [2.45, 2.75) is 6.92 Å². The third-order valence-electron chi connectivity index (χ3n) is 3.59. The van der Waals surface area contributed by atoms with Gasteiger partial charge in [0.2, 0.25) is 11.8 Å². The number of hydrogen-bond acceptors (Lipinski definition) is 5. The Labute approximate surface area is 164 Å². The van der Waals surface area contributed by atoms with Gasteiger partial charge in [-0.2, -0.15) is 0 Å². The largest absolute Gasteiger partial charge is 0.492 e. The summed E-state index contributed by atoms with van der Waals surface area (Å²) in [7, 11) is 3.92. The summed E-state index contributed by atoms with van der Waals surface area (Å²) in [5.74, 6) is 0.719. The van der Waals surface area contributed by atoms with Crippen molar-refractivity contribution in [3.05, 3.63) is 48.5 Å². The first-order chi connectivity index (χ1) is 13.0. The fourth-order valence-electron chi connectivity index (χ4n) is 2.31. The van der Waals surface area contributed by atoms with Gasteiger partial charge in [0, 0.05) is 25.5 Å². The minimum absolute atomic E-state index is 0.139. The minimum Gasteiger partial charge on any atom is -0.492 e. The highest BCUT2D eigenvalue weighted by molar-refractivity contribution is 8.00. The van der Waals surface area contributed by atoms with E-state index in [-0.39, 0.29) is 23.3 Å². The van der Waals surface area contributed by atoms with Crippen LogP contribution in [0.3, 0.4) is 0 Å². The van der Waals surface area contributed by atoms with Gasteiger partial charge in [-0.25, -0.2) is 0 Å². The number of para-hydroxylation sites is 2. The van der Waals surface area contributed by atoms with Gasteiger partial charge >= 0.3 is 0 Å². The Kier molecular flexibility index (Phi) is 8.00. The van der Waals surface area contributed by atoms with Crippen LogP contribution in [-0.4, -0.2) is 44.0 Å². The van der Waals surface area contributed by atoms with E-state index in [2.05, 4.69) is 10.6 Å². The Morgan fingerprint density at radius 2 is 1.59 bits per heavy atom. The summed E-state index contributed by atoms with van der Waals surface area (Å²) < 4.78 is 5.48. The second-order valence-electron chi connectivity index (χ2n) is 5.96. The number of nitrogens with zero attached hydrogens (tertiary/aromatic N) is 1. The lowest BCUT2D eigenvalue weighted by atomic mass is 10.2. The fourth-order valence-corrected chi connectivity index (χ4v) is 2.93. The molecule has 2 rings (SSSR count). The smallest absolute Gasteiger partial charge is 0.234 e. The molecule has 0 unspecified atom stereocenters. The number of nitrogens with one attached hydrogen (secondary N) is 2. The normalized spacial score (nSPS) is 10.2. The van der Waals surface area contributed by atoms with Gasteiger partial charge in [0.05, 0.1) is 23.8 Å². The first kappa shape index (κ1) is 20.6. The van der Waals surface area contributed by atoms with Gasteiger partial charge < -0.3 is 20.3 Å². The summed E-state index contributed by atoms with van der Waals surface area (Å²) in [6.07, 6.45) is 0. The van der Waals surface area contributed by atoms with Crippen molar-refractivity contribution in [1.82, 2.24) is 0 Å². The predicted octanol–water partition coefficient (Wildman–Crippen LogP) is 3.46. The quantitative estimate of drug-likeness (QED) is 0.689. The van der Waals surface area contributed by atoms with Gasteiger partial charge in [0.25, 0.3) is 0 Å². The highest BCUT2D eigenvalue weighted by atomic mass is 32.2. The van der Waals surface area contributed by atoms with Gasteiger partial charge in [-0.1, -0.05) is 12.1 Å². The number of hydrogen-bond donors (Lipinski definition) is 2. The maximum absolute atomic E-state index is 12.1. The zero-order valence-electron chi connectivity index (χ0n) is 15.8. The van der Waals surface area contributed by atoms with E-state index < -0.39 is 0 Å². The second-order valence-corrected chi connectivity index (χ2v) is 6.95. The molecule has 6 nitrogen and oxygen atoms in total. The van der Waals surface area contributed by atoms with Crippen LogP contribution in [-0.2, 0) is 9.59 Å². The summed E-state index contributed by atoms with van der Waals surface area (Å²) in [4.78, 5) is 26.1. The summed E-state index contributed by atoms with van der Waals surface area (Å²) in [6.45, 7) is 2.42. The molecule has 7 heteroatoms. The van der Waals surface area contributed by atoms with Crippen LogP contribution in [0.5, 0.6) is 5.75 Å². The van der Waals surface area contributed by atoms with E-state index in [9.17, 15) is 9.59 Å². The lowest BCUT2D eigenvalue weighted by Crippen LogP contribution is -2.19. The lowest BCUT2D eigenvalue weighted by molar-refractivity contribution is -0.114.